The van der Waals surface area contributed by atoms with Gasteiger partial charge in [0.25, 0.3) is 0 Å². The van der Waals surface area contributed by atoms with Gasteiger partial charge in [0, 0.05) is 32.9 Å². The molecule has 1 aliphatic rings. The molecular weight excluding hydrogens is 657 g/mol. The Kier molecular flexibility index (Phi) is 6.60. The monoisotopic (exact) mass is 690 g/mol. The van der Waals surface area contributed by atoms with Crippen LogP contribution in [-0.4, -0.2) is 9.97 Å². The van der Waals surface area contributed by atoms with Crippen molar-refractivity contribution in [3.63, 3.8) is 0 Å². The first-order valence-corrected chi connectivity index (χ1v) is 18.6. The van der Waals surface area contributed by atoms with Crippen LogP contribution in [0.1, 0.15) is 25.0 Å². The van der Waals surface area contributed by atoms with Crippen LogP contribution in [0.4, 0.5) is 0 Å². The van der Waals surface area contributed by atoms with Crippen LogP contribution in [0.15, 0.2) is 174 Å². The molecule has 0 fully saturated rings. The zero-order chi connectivity index (χ0) is 36.0. The quantitative estimate of drug-likeness (QED) is 0.184. The molecule has 0 aliphatic heterocycles. The standard InChI is InChI=1S/C51H34N2O/c1-51(2)43-24-13-21-38(47(43)42-27-26-31-14-6-7-17-33(31)48(42)51)36-28-29-40(35-19-9-8-18-34(35)36)50-52-44(32-15-4-3-5-16-32)30-45(53-50)41-23-12-22-39-37-20-10-11-25-46(37)54-49(39)41/h3-30H,1-2H3. The Hall–Kier alpha value is -6.84. The lowest BCUT2D eigenvalue weighted by molar-refractivity contribution is 0.666. The molecule has 0 unspecified atom stereocenters. The Morgan fingerprint density at radius 1 is 0.444 bits per heavy atom. The molecule has 0 N–H and O–H groups in total. The molecule has 3 heteroatoms. The maximum Gasteiger partial charge on any atom is 0.161 e. The predicted molar refractivity (Wildman–Crippen MR) is 224 cm³/mol. The summed E-state index contributed by atoms with van der Waals surface area (Å²) in [6.07, 6.45) is 0. The minimum atomic E-state index is -0.137. The van der Waals surface area contributed by atoms with Crippen molar-refractivity contribution >= 4 is 43.5 Å². The van der Waals surface area contributed by atoms with E-state index in [4.69, 9.17) is 14.4 Å². The average molecular weight is 691 g/mol. The van der Waals surface area contributed by atoms with Gasteiger partial charge in [0.1, 0.15) is 11.2 Å². The van der Waals surface area contributed by atoms with Crippen LogP contribution in [0.2, 0.25) is 0 Å². The summed E-state index contributed by atoms with van der Waals surface area (Å²) in [4.78, 5) is 10.6. The smallest absolute Gasteiger partial charge is 0.161 e. The molecule has 0 amide bonds. The fourth-order valence-electron chi connectivity index (χ4n) is 9.02. The molecule has 3 nitrogen and oxygen atoms in total. The molecule has 1 aliphatic carbocycles. The van der Waals surface area contributed by atoms with Gasteiger partial charge >= 0.3 is 0 Å². The number of para-hydroxylation sites is 2. The third kappa shape index (κ3) is 4.48. The first-order chi connectivity index (χ1) is 26.5. The number of hydrogen-bond acceptors (Lipinski definition) is 3. The molecule has 54 heavy (non-hydrogen) atoms. The van der Waals surface area contributed by atoms with E-state index in [0.717, 1.165) is 55.4 Å². The molecule has 0 radical (unpaired) electrons. The minimum absolute atomic E-state index is 0.137. The Morgan fingerprint density at radius 3 is 1.93 bits per heavy atom. The molecule has 0 spiro atoms. The summed E-state index contributed by atoms with van der Waals surface area (Å²) in [5.41, 5.74) is 14.1. The zero-order valence-electron chi connectivity index (χ0n) is 30.0. The van der Waals surface area contributed by atoms with E-state index in [-0.39, 0.29) is 5.41 Å². The molecule has 254 valence electrons. The summed E-state index contributed by atoms with van der Waals surface area (Å²) in [7, 11) is 0. The van der Waals surface area contributed by atoms with Crippen molar-refractivity contribution in [2.75, 3.05) is 0 Å². The number of aromatic nitrogens is 2. The highest BCUT2D eigenvalue weighted by Gasteiger charge is 2.38. The largest absolute Gasteiger partial charge is 0.455 e. The first-order valence-electron chi connectivity index (χ1n) is 18.6. The summed E-state index contributed by atoms with van der Waals surface area (Å²) in [6, 6.07) is 60.4. The van der Waals surface area contributed by atoms with Crippen molar-refractivity contribution in [2.24, 2.45) is 0 Å². The van der Waals surface area contributed by atoms with Crippen LogP contribution in [-0.2, 0) is 5.41 Å². The lowest BCUT2D eigenvalue weighted by Crippen LogP contribution is -2.15. The summed E-state index contributed by atoms with van der Waals surface area (Å²) in [5, 5.41) is 7.06. The second-order valence-corrected chi connectivity index (χ2v) is 14.9. The van der Waals surface area contributed by atoms with E-state index in [9.17, 15) is 0 Å². The summed E-state index contributed by atoms with van der Waals surface area (Å²) >= 11 is 0. The van der Waals surface area contributed by atoms with Gasteiger partial charge in [-0.3, -0.25) is 0 Å². The van der Waals surface area contributed by atoms with Crippen LogP contribution in [0.5, 0.6) is 0 Å². The maximum absolute atomic E-state index is 6.50. The van der Waals surface area contributed by atoms with E-state index in [2.05, 4.69) is 166 Å². The van der Waals surface area contributed by atoms with Crippen LogP contribution in [0.25, 0.3) is 99.6 Å². The molecule has 0 saturated heterocycles. The Balaban J connectivity index is 1.14. The van der Waals surface area contributed by atoms with Gasteiger partial charge in [0.2, 0.25) is 0 Å². The van der Waals surface area contributed by atoms with E-state index in [0.29, 0.717) is 5.82 Å². The molecule has 2 heterocycles. The van der Waals surface area contributed by atoms with Crippen molar-refractivity contribution in [1.29, 1.82) is 0 Å². The van der Waals surface area contributed by atoms with Crippen molar-refractivity contribution in [3.8, 4) is 56.2 Å². The number of fused-ring (bicyclic) bond motifs is 9. The molecular formula is C51H34N2O. The molecule has 0 bridgehead atoms. The highest BCUT2D eigenvalue weighted by molar-refractivity contribution is 6.11. The second kappa shape index (κ2) is 11.6. The van der Waals surface area contributed by atoms with Gasteiger partial charge in [-0.1, -0.05) is 159 Å². The second-order valence-electron chi connectivity index (χ2n) is 14.9. The molecule has 10 aromatic rings. The van der Waals surface area contributed by atoms with E-state index in [1.807, 2.05) is 18.2 Å². The molecule has 0 saturated carbocycles. The lowest BCUT2D eigenvalue weighted by Gasteiger charge is -2.23. The lowest BCUT2D eigenvalue weighted by atomic mass is 9.80. The van der Waals surface area contributed by atoms with Crippen LogP contribution in [0, 0.1) is 0 Å². The van der Waals surface area contributed by atoms with Crippen molar-refractivity contribution < 1.29 is 4.42 Å². The number of nitrogens with zero attached hydrogens (tertiary/aromatic N) is 2. The van der Waals surface area contributed by atoms with E-state index < -0.39 is 0 Å². The fourth-order valence-corrected chi connectivity index (χ4v) is 9.02. The Bertz CT molecular complexity index is 3130. The summed E-state index contributed by atoms with van der Waals surface area (Å²) < 4.78 is 6.50. The van der Waals surface area contributed by atoms with E-state index in [1.165, 1.54) is 49.5 Å². The zero-order valence-corrected chi connectivity index (χ0v) is 30.0. The van der Waals surface area contributed by atoms with Crippen LogP contribution in [0.3, 0.4) is 0 Å². The molecule has 8 aromatic carbocycles. The van der Waals surface area contributed by atoms with Gasteiger partial charge in [-0.05, 0) is 79.2 Å². The van der Waals surface area contributed by atoms with Gasteiger partial charge in [-0.15, -0.1) is 0 Å². The molecule has 0 atom stereocenters. The number of rotatable bonds is 4. The van der Waals surface area contributed by atoms with Crippen molar-refractivity contribution in [1.82, 2.24) is 9.97 Å². The third-order valence-electron chi connectivity index (χ3n) is 11.5. The van der Waals surface area contributed by atoms with Gasteiger partial charge < -0.3 is 4.42 Å². The van der Waals surface area contributed by atoms with Gasteiger partial charge in [0.05, 0.1) is 11.4 Å². The SMILES string of the molecule is CC1(C)c2cccc(-c3ccc(-c4nc(-c5ccccc5)cc(-c5cccc6c5oc5ccccc56)n4)c4ccccc34)c2-c2ccc3ccccc3c21. The van der Waals surface area contributed by atoms with E-state index >= 15 is 0 Å². The van der Waals surface area contributed by atoms with Gasteiger partial charge in [0.15, 0.2) is 5.82 Å². The first kappa shape index (κ1) is 30.8. The summed E-state index contributed by atoms with van der Waals surface area (Å²) in [6.45, 7) is 4.74. The molecule has 11 rings (SSSR count). The maximum atomic E-state index is 6.50. The van der Waals surface area contributed by atoms with Gasteiger partial charge in [-0.2, -0.15) is 0 Å². The van der Waals surface area contributed by atoms with Crippen molar-refractivity contribution in [2.45, 2.75) is 19.3 Å². The van der Waals surface area contributed by atoms with E-state index in [1.54, 1.807) is 0 Å². The minimum Gasteiger partial charge on any atom is -0.455 e. The highest BCUT2D eigenvalue weighted by Crippen LogP contribution is 2.55. The average Bonchev–Trinajstić information content (AvgIpc) is 3.73. The number of benzene rings is 8. The van der Waals surface area contributed by atoms with Crippen molar-refractivity contribution in [3.05, 3.63) is 181 Å². The highest BCUT2D eigenvalue weighted by atomic mass is 16.3. The van der Waals surface area contributed by atoms with Crippen LogP contribution < -0.4 is 0 Å². The number of hydrogen-bond donors (Lipinski definition) is 0. The molecule has 2 aromatic heterocycles. The number of furan rings is 1. The predicted octanol–water partition coefficient (Wildman–Crippen LogP) is 13.7. The normalized spacial score (nSPS) is 13.1. The third-order valence-corrected chi connectivity index (χ3v) is 11.5. The topological polar surface area (TPSA) is 38.9 Å². The Labute approximate surface area is 313 Å². The van der Waals surface area contributed by atoms with Gasteiger partial charge in [-0.25, -0.2) is 9.97 Å². The fraction of sp³-hybridized carbons (Fsp3) is 0.0588. The van der Waals surface area contributed by atoms with Crippen LogP contribution >= 0.6 is 0 Å². The summed E-state index contributed by atoms with van der Waals surface area (Å²) in [5.74, 6) is 0.679. The Morgan fingerprint density at radius 2 is 1.07 bits per heavy atom.